The minimum absolute atomic E-state index is 0.0234. The smallest absolute Gasteiger partial charge is 0.126 e. The van der Waals surface area contributed by atoms with Crippen molar-refractivity contribution in [3.8, 4) is 0 Å². The Bertz CT molecular complexity index is 644. The highest BCUT2D eigenvalue weighted by molar-refractivity contribution is 5.22. The van der Waals surface area contributed by atoms with Gasteiger partial charge in [0.25, 0.3) is 0 Å². The topological polar surface area (TPSA) is 0 Å². The van der Waals surface area contributed by atoms with Gasteiger partial charge in [0.1, 0.15) is 5.82 Å². The number of benzene rings is 1. The van der Waals surface area contributed by atoms with E-state index in [9.17, 15) is 4.39 Å². The third kappa shape index (κ3) is 6.58. The molecule has 0 aliphatic heterocycles. The predicted octanol–water partition coefficient (Wildman–Crippen LogP) is 9.68. The maximum Gasteiger partial charge on any atom is 0.126 e. The Balaban J connectivity index is 1.14. The number of fused-ring (bicyclic) bond motifs is 1. The Morgan fingerprint density at radius 1 is 0.677 bits per heavy atom. The highest BCUT2D eigenvalue weighted by atomic mass is 19.1. The molecule has 31 heavy (non-hydrogen) atoms. The summed E-state index contributed by atoms with van der Waals surface area (Å²) in [6.45, 7) is 2.31. The normalized spacial score (nSPS) is 33.7. The fourth-order valence-corrected chi connectivity index (χ4v) is 7.48. The molecule has 1 aromatic carbocycles. The van der Waals surface area contributed by atoms with E-state index in [2.05, 4.69) is 6.92 Å². The van der Waals surface area contributed by atoms with Gasteiger partial charge in [-0.25, -0.2) is 4.39 Å². The van der Waals surface area contributed by atoms with E-state index in [-0.39, 0.29) is 5.82 Å². The summed E-state index contributed by atoms with van der Waals surface area (Å²) >= 11 is 0. The van der Waals surface area contributed by atoms with Crippen LogP contribution in [0.2, 0.25) is 0 Å². The molecule has 4 atom stereocenters. The summed E-state index contributed by atoms with van der Waals surface area (Å²) in [5.74, 6) is 5.34. The molecule has 0 spiro atoms. The molecule has 0 aromatic heterocycles. The first-order valence-corrected chi connectivity index (χ1v) is 14.0. The van der Waals surface area contributed by atoms with Crippen LogP contribution in [0, 0.1) is 35.4 Å². The maximum absolute atomic E-state index is 14.3. The summed E-state index contributed by atoms with van der Waals surface area (Å²) in [7, 11) is 0. The first-order chi connectivity index (χ1) is 15.2. The Hall–Kier alpha value is -0.850. The Kier molecular flexibility index (Phi) is 8.91. The molecule has 0 radical (unpaired) electrons. The predicted molar refractivity (Wildman–Crippen MR) is 131 cm³/mol. The van der Waals surface area contributed by atoms with Crippen LogP contribution in [0.5, 0.6) is 0 Å². The van der Waals surface area contributed by atoms with E-state index in [4.69, 9.17) is 0 Å². The lowest BCUT2D eigenvalue weighted by Gasteiger charge is -2.43. The van der Waals surface area contributed by atoms with Gasteiger partial charge in [0.2, 0.25) is 0 Å². The first kappa shape index (κ1) is 23.3. The van der Waals surface area contributed by atoms with Crippen LogP contribution < -0.4 is 0 Å². The van der Waals surface area contributed by atoms with Crippen LogP contribution in [-0.2, 0) is 0 Å². The molecule has 3 aliphatic rings. The third-order valence-corrected chi connectivity index (χ3v) is 9.48. The number of halogens is 1. The summed E-state index contributed by atoms with van der Waals surface area (Å²) < 4.78 is 14.3. The summed E-state index contributed by atoms with van der Waals surface area (Å²) in [4.78, 5) is 0. The maximum atomic E-state index is 14.3. The van der Waals surface area contributed by atoms with Crippen molar-refractivity contribution in [3.05, 3.63) is 35.6 Å². The van der Waals surface area contributed by atoms with E-state index in [1.807, 2.05) is 18.2 Å². The lowest BCUT2D eigenvalue weighted by atomic mass is 9.63. The second-order valence-corrected chi connectivity index (χ2v) is 11.5. The van der Waals surface area contributed by atoms with Crippen LogP contribution >= 0.6 is 0 Å². The standard InChI is InChI=1S/C30H47F/c1-2-3-4-5-8-23-11-13-24(14-12-23)15-16-25-17-18-27-22-28(20-19-26(27)21-25)29-9-6-7-10-30(29)31/h6-7,9-10,23-28H,2-5,8,11-22H2,1H3. The molecule has 0 amide bonds. The van der Waals surface area contributed by atoms with E-state index in [1.165, 1.54) is 109 Å². The fraction of sp³-hybridized carbons (Fsp3) is 0.800. The Morgan fingerprint density at radius 2 is 1.32 bits per heavy atom. The number of hydrogen-bond acceptors (Lipinski definition) is 0. The van der Waals surface area contributed by atoms with Crippen molar-refractivity contribution >= 4 is 0 Å². The molecular formula is C30H47F. The first-order valence-electron chi connectivity index (χ1n) is 14.0. The molecule has 0 bridgehead atoms. The molecule has 4 rings (SSSR count). The molecular weight excluding hydrogens is 379 g/mol. The zero-order valence-corrected chi connectivity index (χ0v) is 20.2. The largest absolute Gasteiger partial charge is 0.207 e. The van der Waals surface area contributed by atoms with Gasteiger partial charge in [-0.05, 0) is 79.2 Å². The van der Waals surface area contributed by atoms with Crippen molar-refractivity contribution in [2.75, 3.05) is 0 Å². The molecule has 0 heterocycles. The molecule has 0 nitrogen and oxygen atoms in total. The van der Waals surface area contributed by atoms with Crippen LogP contribution in [-0.4, -0.2) is 0 Å². The average molecular weight is 427 g/mol. The van der Waals surface area contributed by atoms with Crippen molar-refractivity contribution in [2.45, 2.75) is 122 Å². The molecule has 3 aliphatic carbocycles. The minimum Gasteiger partial charge on any atom is -0.207 e. The number of unbranched alkanes of at least 4 members (excludes halogenated alkanes) is 3. The van der Waals surface area contributed by atoms with E-state index < -0.39 is 0 Å². The molecule has 3 fully saturated rings. The highest BCUT2D eigenvalue weighted by Gasteiger charge is 2.36. The molecule has 1 heteroatoms. The summed E-state index contributed by atoms with van der Waals surface area (Å²) in [5.41, 5.74) is 0.990. The molecule has 0 saturated heterocycles. The van der Waals surface area contributed by atoms with Crippen molar-refractivity contribution in [2.24, 2.45) is 29.6 Å². The van der Waals surface area contributed by atoms with Crippen molar-refractivity contribution < 1.29 is 4.39 Å². The zero-order valence-electron chi connectivity index (χ0n) is 20.2. The lowest BCUT2D eigenvalue weighted by molar-refractivity contribution is 0.108. The second-order valence-electron chi connectivity index (χ2n) is 11.5. The van der Waals surface area contributed by atoms with Gasteiger partial charge < -0.3 is 0 Å². The third-order valence-electron chi connectivity index (χ3n) is 9.48. The number of hydrogen-bond donors (Lipinski definition) is 0. The minimum atomic E-state index is 0.0234. The SMILES string of the molecule is CCCCCCC1CCC(CCC2CCC3CC(c4ccccc4F)CCC3C2)CC1. The summed E-state index contributed by atoms with van der Waals surface area (Å²) in [5, 5.41) is 0. The van der Waals surface area contributed by atoms with E-state index in [0.717, 1.165) is 35.2 Å². The molecule has 1 aromatic rings. The fourth-order valence-electron chi connectivity index (χ4n) is 7.48. The van der Waals surface area contributed by atoms with Gasteiger partial charge >= 0.3 is 0 Å². The van der Waals surface area contributed by atoms with E-state index >= 15 is 0 Å². The molecule has 3 saturated carbocycles. The van der Waals surface area contributed by atoms with Crippen LogP contribution in [0.1, 0.15) is 128 Å². The molecule has 174 valence electrons. The van der Waals surface area contributed by atoms with Crippen LogP contribution in [0.3, 0.4) is 0 Å². The van der Waals surface area contributed by atoms with Crippen molar-refractivity contribution in [3.63, 3.8) is 0 Å². The van der Waals surface area contributed by atoms with Gasteiger partial charge in [-0.15, -0.1) is 0 Å². The van der Waals surface area contributed by atoms with E-state index in [0.29, 0.717) is 5.92 Å². The van der Waals surface area contributed by atoms with Gasteiger partial charge in [0, 0.05) is 0 Å². The molecule has 0 N–H and O–H groups in total. The monoisotopic (exact) mass is 426 g/mol. The average Bonchev–Trinajstić information content (AvgIpc) is 2.81. The Labute approximate surface area is 191 Å². The number of rotatable bonds is 9. The van der Waals surface area contributed by atoms with Gasteiger partial charge in [-0.2, -0.15) is 0 Å². The molecule has 4 unspecified atom stereocenters. The summed E-state index contributed by atoms with van der Waals surface area (Å²) in [6.07, 6.45) is 24.4. The van der Waals surface area contributed by atoms with Gasteiger partial charge in [-0.3, -0.25) is 0 Å². The van der Waals surface area contributed by atoms with Gasteiger partial charge in [0.05, 0.1) is 0 Å². The van der Waals surface area contributed by atoms with Gasteiger partial charge in [0.15, 0.2) is 0 Å². The van der Waals surface area contributed by atoms with Crippen LogP contribution in [0.25, 0.3) is 0 Å². The Morgan fingerprint density at radius 3 is 2.10 bits per heavy atom. The second kappa shape index (κ2) is 11.9. The summed E-state index contributed by atoms with van der Waals surface area (Å²) in [6, 6.07) is 7.53. The van der Waals surface area contributed by atoms with Crippen LogP contribution in [0.4, 0.5) is 4.39 Å². The van der Waals surface area contributed by atoms with Gasteiger partial charge in [-0.1, -0.05) is 102 Å². The van der Waals surface area contributed by atoms with Crippen molar-refractivity contribution in [1.82, 2.24) is 0 Å². The highest BCUT2D eigenvalue weighted by Crippen LogP contribution is 2.49. The van der Waals surface area contributed by atoms with Crippen molar-refractivity contribution in [1.29, 1.82) is 0 Å². The van der Waals surface area contributed by atoms with E-state index in [1.54, 1.807) is 6.07 Å². The lowest BCUT2D eigenvalue weighted by Crippen LogP contribution is -2.31. The van der Waals surface area contributed by atoms with Crippen LogP contribution in [0.15, 0.2) is 24.3 Å². The zero-order chi connectivity index (χ0) is 21.5. The quantitative estimate of drug-likeness (QED) is 0.345.